The van der Waals surface area contributed by atoms with E-state index in [0.717, 1.165) is 6.42 Å². The summed E-state index contributed by atoms with van der Waals surface area (Å²) in [6.07, 6.45) is 3.35. The molecule has 0 unspecified atom stereocenters. The lowest BCUT2D eigenvalue weighted by Crippen LogP contribution is -1.89. The molecule has 0 aromatic heterocycles. The average molecular weight is 321 g/mol. The average Bonchev–Trinajstić information content (AvgIpc) is 2.92. The summed E-state index contributed by atoms with van der Waals surface area (Å²) in [7, 11) is 0. The van der Waals surface area contributed by atoms with Gasteiger partial charge in [0.15, 0.2) is 0 Å². The van der Waals surface area contributed by atoms with Gasteiger partial charge in [-0.2, -0.15) is 0 Å². The zero-order chi connectivity index (χ0) is 13.5. The van der Waals surface area contributed by atoms with Crippen LogP contribution in [0.15, 0.2) is 71.2 Å². The summed E-state index contributed by atoms with van der Waals surface area (Å²) in [5, 5.41) is 2.63. The van der Waals surface area contributed by atoms with Crippen LogP contribution in [0.3, 0.4) is 0 Å². The number of halogens is 1. The fourth-order valence-corrected chi connectivity index (χ4v) is 3.58. The van der Waals surface area contributed by atoms with E-state index in [1.807, 2.05) is 0 Å². The third-order valence-corrected chi connectivity index (χ3v) is 4.74. The van der Waals surface area contributed by atoms with Crippen LogP contribution in [-0.4, -0.2) is 0 Å². The molecule has 0 heterocycles. The van der Waals surface area contributed by atoms with Crippen LogP contribution in [0.1, 0.15) is 16.7 Å². The van der Waals surface area contributed by atoms with Gasteiger partial charge in [-0.1, -0.05) is 76.6 Å². The minimum Gasteiger partial charge on any atom is -0.0716 e. The molecule has 0 N–H and O–H groups in total. The summed E-state index contributed by atoms with van der Waals surface area (Å²) in [6.45, 7) is 0. The van der Waals surface area contributed by atoms with Crippen molar-refractivity contribution in [2.45, 2.75) is 6.42 Å². The van der Waals surface area contributed by atoms with Gasteiger partial charge in [0, 0.05) is 4.47 Å². The first-order valence-electron chi connectivity index (χ1n) is 6.80. The topological polar surface area (TPSA) is 0 Å². The van der Waals surface area contributed by atoms with E-state index in [9.17, 15) is 0 Å². The molecule has 0 atom stereocenters. The monoisotopic (exact) mass is 320 g/mol. The van der Waals surface area contributed by atoms with E-state index < -0.39 is 0 Å². The summed E-state index contributed by atoms with van der Waals surface area (Å²) < 4.78 is 1.21. The lowest BCUT2D eigenvalue weighted by Gasteiger charge is -2.10. The predicted octanol–water partition coefficient (Wildman–Crippen LogP) is 5.59. The molecule has 3 aromatic rings. The summed E-state index contributed by atoms with van der Waals surface area (Å²) in [5.74, 6) is 0. The number of rotatable bonds is 1. The summed E-state index contributed by atoms with van der Waals surface area (Å²) in [4.78, 5) is 0. The molecule has 3 aromatic carbocycles. The lowest BCUT2D eigenvalue weighted by molar-refractivity contribution is 1.29. The van der Waals surface area contributed by atoms with Gasteiger partial charge in [-0.05, 0) is 45.5 Å². The van der Waals surface area contributed by atoms with Crippen molar-refractivity contribution in [3.8, 4) is 0 Å². The standard InChI is InChI=1S/C19H13Br/c20-19-10-4-9-16-17(11-12-18(16)19)15-8-3-6-13-5-1-2-7-14(13)15/h1-11H,12H2. The molecule has 1 aliphatic rings. The molecule has 0 radical (unpaired) electrons. The van der Waals surface area contributed by atoms with Gasteiger partial charge in [0.25, 0.3) is 0 Å². The highest BCUT2D eigenvalue weighted by atomic mass is 79.9. The Morgan fingerprint density at radius 1 is 0.750 bits per heavy atom. The highest BCUT2D eigenvalue weighted by molar-refractivity contribution is 9.10. The van der Waals surface area contributed by atoms with Crippen LogP contribution in [0, 0.1) is 0 Å². The quantitative estimate of drug-likeness (QED) is 0.548. The van der Waals surface area contributed by atoms with E-state index in [-0.39, 0.29) is 0 Å². The molecule has 4 rings (SSSR count). The number of allylic oxidation sites excluding steroid dienone is 1. The summed E-state index contributed by atoms with van der Waals surface area (Å²) in [5.41, 5.74) is 5.45. The molecule has 0 aliphatic heterocycles. The molecule has 1 heteroatoms. The van der Waals surface area contributed by atoms with E-state index >= 15 is 0 Å². The van der Waals surface area contributed by atoms with Crippen LogP contribution in [0.25, 0.3) is 16.3 Å². The highest BCUT2D eigenvalue weighted by Gasteiger charge is 2.18. The minimum absolute atomic E-state index is 1.01. The SMILES string of the molecule is Brc1cccc2c1CC=C2c1cccc2ccccc12. The summed E-state index contributed by atoms with van der Waals surface area (Å²) in [6, 6.07) is 21.6. The zero-order valence-corrected chi connectivity index (χ0v) is 12.5. The number of fused-ring (bicyclic) bond motifs is 2. The van der Waals surface area contributed by atoms with Crippen molar-refractivity contribution in [2.75, 3.05) is 0 Å². The van der Waals surface area contributed by atoms with Gasteiger partial charge in [0.2, 0.25) is 0 Å². The Hall–Kier alpha value is -1.86. The second-order valence-corrected chi connectivity index (χ2v) is 5.97. The van der Waals surface area contributed by atoms with Crippen molar-refractivity contribution in [3.63, 3.8) is 0 Å². The first-order chi connectivity index (χ1) is 9.84. The minimum atomic E-state index is 1.01. The third kappa shape index (κ3) is 1.74. The molecule has 0 amide bonds. The Morgan fingerprint density at radius 3 is 2.45 bits per heavy atom. The van der Waals surface area contributed by atoms with Gasteiger partial charge >= 0.3 is 0 Å². The maximum atomic E-state index is 3.66. The Balaban J connectivity index is 1.97. The van der Waals surface area contributed by atoms with Crippen LogP contribution in [0.5, 0.6) is 0 Å². The van der Waals surface area contributed by atoms with Crippen molar-refractivity contribution in [1.29, 1.82) is 0 Å². The molecule has 0 bridgehead atoms. The predicted molar refractivity (Wildman–Crippen MR) is 88.9 cm³/mol. The van der Waals surface area contributed by atoms with Crippen molar-refractivity contribution >= 4 is 32.3 Å². The maximum absolute atomic E-state index is 3.66. The molecular formula is C19H13Br. The van der Waals surface area contributed by atoms with Crippen LogP contribution >= 0.6 is 15.9 Å². The van der Waals surface area contributed by atoms with Crippen molar-refractivity contribution < 1.29 is 0 Å². The van der Waals surface area contributed by atoms with E-state index in [1.54, 1.807) is 0 Å². The van der Waals surface area contributed by atoms with Crippen molar-refractivity contribution in [3.05, 3.63) is 87.9 Å². The van der Waals surface area contributed by atoms with Gasteiger partial charge in [-0.3, -0.25) is 0 Å². The fourth-order valence-electron chi connectivity index (χ4n) is 3.05. The Morgan fingerprint density at radius 2 is 1.50 bits per heavy atom. The largest absolute Gasteiger partial charge is 0.0716 e. The van der Waals surface area contributed by atoms with E-state index in [4.69, 9.17) is 0 Å². The van der Waals surface area contributed by atoms with Crippen LogP contribution in [0.4, 0.5) is 0 Å². The Labute approximate surface area is 126 Å². The normalized spacial score (nSPS) is 13.3. The molecule has 0 nitrogen and oxygen atoms in total. The molecular weight excluding hydrogens is 308 g/mol. The van der Waals surface area contributed by atoms with Crippen LogP contribution in [0.2, 0.25) is 0 Å². The first kappa shape index (κ1) is 11.9. The number of hydrogen-bond donors (Lipinski definition) is 0. The van der Waals surface area contributed by atoms with Gasteiger partial charge in [0.05, 0.1) is 0 Å². The zero-order valence-electron chi connectivity index (χ0n) is 10.9. The maximum Gasteiger partial charge on any atom is 0.0216 e. The van der Waals surface area contributed by atoms with Gasteiger partial charge in [-0.25, -0.2) is 0 Å². The van der Waals surface area contributed by atoms with Crippen LogP contribution in [-0.2, 0) is 6.42 Å². The van der Waals surface area contributed by atoms with E-state index in [2.05, 4.69) is 82.7 Å². The van der Waals surface area contributed by atoms with Crippen LogP contribution < -0.4 is 0 Å². The second kappa shape index (κ2) is 4.60. The lowest BCUT2D eigenvalue weighted by atomic mass is 9.94. The number of benzene rings is 3. The van der Waals surface area contributed by atoms with E-state index in [0.29, 0.717) is 0 Å². The van der Waals surface area contributed by atoms with Crippen molar-refractivity contribution in [2.24, 2.45) is 0 Å². The molecule has 0 saturated heterocycles. The molecule has 0 saturated carbocycles. The third-order valence-electron chi connectivity index (χ3n) is 4.00. The fraction of sp³-hybridized carbons (Fsp3) is 0.0526. The van der Waals surface area contributed by atoms with Crippen molar-refractivity contribution in [1.82, 2.24) is 0 Å². The van der Waals surface area contributed by atoms with Gasteiger partial charge < -0.3 is 0 Å². The molecule has 0 spiro atoms. The molecule has 0 fully saturated rings. The molecule has 96 valence electrons. The molecule has 1 aliphatic carbocycles. The Bertz CT molecular complexity index is 838. The highest BCUT2D eigenvalue weighted by Crippen LogP contribution is 2.38. The van der Waals surface area contributed by atoms with Gasteiger partial charge in [-0.15, -0.1) is 0 Å². The molecule has 20 heavy (non-hydrogen) atoms. The second-order valence-electron chi connectivity index (χ2n) is 5.11. The smallest absolute Gasteiger partial charge is 0.0216 e. The van der Waals surface area contributed by atoms with E-state index in [1.165, 1.54) is 37.5 Å². The van der Waals surface area contributed by atoms with Gasteiger partial charge in [0.1, 0.15) is 0 Å². The first-order valence-corrected chi connectivity index (χ1v) is 7.60. The summed E-state index contributed by atoms with van der Waals surface area (Å²) >= 11 is 3.66. The Kier molecular flexibility index (Phi) is 2.75. The number of hydrogen-bond acceptors (Lipinski definition) is 0.